The van der Waals surface area contributed by atoms with Crippen molar-refractivity contribution in [3.63, 3.8) is 0 Å². The van der Waals surface area contributed by atoms with Crippen molar-refractivity contribution in [2.24, 2.45) is 5.92 Å². The first-order chi connectivity index (χ1) is 10.9. The molecule has 1 aromatic carbocycles. The molecule has 1 aliphatic heterocycles. The maximum atomic E-state index is 12.5. The van der Waals surface area contributed by atoms with Crippen LogP contribution in [0.5, 0.6) is 0 Å². The molecule has 1 fully saturated rings. The molecule has 1 aromatic rings. The number of nitro benzene ring substituents is 1. The topological polar surface area (TPSA) is 92.6 Å². The minimum absolute atomic E-state index is 0.0310. The summed E-state index contributed by atoms with van der Waals surface area (Å²) in [5.74, 6) is 0.472. The highest BCUT2D eigenvalue weighted by molar-refractivity contribution is 7.88. The molecule has 0 atom stereocenters. The average molecular weight is 341 g/mol. The number of sulfonamides is 1. The minimum Gasteiger partial charge on any atom is -0.320 e. The van der Waals surface area contributed by atoms with Crippen LogP contribution in [-0.4, -0.2) is 44.3 Å². The van der Waals surface area contributed by atoms with Gasteiger partial charge in [-0.1, -0.05) is 12.1 Å². The van der Waals surface area contributed by atoms with Gasteiger partial charge in [0.2, 0.25) is 10.0 Å². The van der Waals surface area contributed by atoms with E-state index in [4.69, 9.17) is 0 Å². The van der Waals surface area contributed by atoms with Crippen LogP contribution < -0.4 is 5.32 Å². The summed E-state index contributed by atoms with van der Waals surface area (Å²) < 4.78 is 26.5. The summed E-state index contributed by atoms with van der Waals surface area (Å²) in [5.41, 5.74) is 0.546. The van der Waals surface area contributed by atoms with Gasteiger partial charge in [-0.3, -0.25) is 10.1 Å². The summed E-state index contributed by atoms with van der Waals surface area (Å²) in [6.45, 7) is 2.08. The number of piperidine rings is 1. The molecular formula is C15H23N3O4S. The van der Waals surface area contributed by atoms with Gasteiger partial charge in [-0.15, -0.1) is 0 Å². The van der Waals surface area contributed by atoms with E-state index < -0.39 is 14.9 Å². The van der Waals surface area contributed by atoms with E-state index in [2.05, 4.69) is 5.32 Å². The van der Waals surface area contributed by atoms with E-state index in [1.54, 1.807) is 4.31 Å². The van der Waals surface area contributed by atoms with Gasteiger partial charge in [-0.05, 0) is 44.3 Å². The first-order valence-electron chi connectivity index (χ1n) is 7.78. The Hall–Kier alpha value is -1.51. The molecule has 0 aromatic heterocycles. The largest absolute Gasteiger partial charge is 0.320 e. The standard InChI is InChI=1S/C15H23N3O4S/c1-16-9-6-13-7-10-17(11-8-13)23(21,22)12-14-2-4-15(5-3-14)18(19)20/h2-5,13,16H,6-12H2,1H3. The third-order valence-corrected chi connectivity index (χ3v) is 6.12. The third kappa shape index (κ3) is 4.98. The van der Waals surface area contributed by atoms with Crippen molar-refractivity contribution in [1.29, 1.82) is 0 Å². The van der Waals surface area contributed by atoms with Crippen LogP contribution in [0.25, 0.3) is 0 Å². The highest BCUT2D eigenvalue weighted by atomic mass is 32.2. The molecule has 1 N–H and O–H groups in total. The van der Waals surface area contributed by atoms with E-state index in [1.807, 2.05) is 7.05 Å². The summed E-state index contributed by atoms with van der Waals surface area (Å²) in [4.78, 5) is 10.1. The molecular weight excluding hydrogens is 318 g/mol. The number of hydrogen-bond acceptors (Lipinski definition) is 5. The molecule has 23 heavy (non-hydrogen) atoms. The molecule has 0 saturated carbocycles. The lowest BCUT2D eigenvalue weighted by atomic mass is 9.95. The fourth-order valence-corrected chi connectivity index (χ4v) is 4.40. The smallest absolute Gasteiger partial charge is 0.269 e. The van der Waals surface area contributed by atoms with Gasteiger partial charge in [0.1, 0.15) is 0 Å². The van der Waals surface area contributed by atoms with Gasteiger partial charge in [0.15, 0.2) is 0 Å². The van der Waals surface area contributed by atoms with Crippen LogP contribution in [-0.2, 0) is 15.8 Å². The van der Waals surface area contributed by atoms with Gasteiger partial charge in [-0.2, -0.15) is 0 Å². The Morgan fingerprint density at radius 2 is 1.87 bits per heavy atom. The quantitative estimate of drug-likeness (QED) is 0.602. The third-order valence-electron chi connectivity index (χ3n) is 4.27. The van der Waals surface area contributed by atoms with E-state index in [-0.39, 0.29) is 11.4 Å². The molecule has 0 amide bonds. The molecule has 8 heteroatoms. The van der Waals surface area contributed by atoms with E-state index >= 15 is 0 Å². The van der Waals surface area contributed by atoms with Crippen LogP contribution >= 0.6 is 0 Å². The van der Waals surface area contributed by atoms with E-state index in [1.165, 1.54) is 24.3 Å². The van der Waals surface area contributed by atoms with Crippen molar-refractivity contribution in [1.82, 2.24) is 9.62 Å². The second kappa shape index (κ2) is 7.85. The van der Waals surface area contributed by atoms with Gasteiger partial charge in [0, 0.05) is 25.2 Å². The van der Waals surface area contributed by atoms with Gasteiger partial charge < -0.3 is 5.32 Å². The lowest BCUT2D eigenvalue weighted by molar-refractivity contribution is -0.384. The Morgan fingerprint density at radius 3 is 2.39 bits per heavy atom. The summed E-state index contributed by atoms with van der Waals surface area (Å²) in [6.07, 6.45) is 2.86. The van der Waals surface area contributed by atoms with Crippen LogP contribution in [0.15, 0.2) is 24.3 Å². The second-order valence-electron chi connectivity index (χ2n) is 5.91. The zero-order chi connectivity index (χ0) is 16.9. The normalized spacial score (nSPS) is 17.3. The summed E-state index contributed by atoms with van der Waals surface area (Å²) in [6, 6.07) is 5.70. The monoisotopic (exact) mass is 341 g/mol. The van der Waals surface area contributed by atoms with Crippen LogP contribution in [0.1, 0.15) is 24.8 Å². The summed E-state index contributed by atoms with van der Waals surface area (Å²) in [7, 11) is -1.45. The molecule has 0 aliphatic carbocycles. The van der Waals surface area contributed by atoms with E-state index in [0.29, 0.717) is 24.6 Å². The fourth-order valence-electron chi connectivity index (χ4n) is 2.84. The predicted octanol–water partition coefficient (Wildman–Crippen LogP) is 1.75. The maximum Gasteiger partial charge on any atom is 0.269 e. The van der Waals surface area contributed by atoms with Crippen molar-refractivity contribution >= 4 is 15.7 Å². The summed E-state index contributed by atoms with van der Waals surface area (Å²) in [5, 5.41) is 13.7. The van der Waals surface area contributed by atoms with Crippen LogP contribution in [0.4, 0.5) is 5.69 Å². The Labute approximate surface area is 136 Å². The zero-order valence-corrected chi connectivity index (χ0v) is 14.1. The second-order valence-corrected chi connectivity index (χ2v) is 7.88. The SMILES string of the molecule is CNCCC1CCN(S(=O)(=O)Cc2ccc([N+](=O)[O-])cc2)CC1. The fraction of sp³-hybridized carbons (Fsp3) is 0.600. The summed E-state index contributed by atoms with van der Waals surface area (Å²) >= 11 is 0. The first-order valence-corrected chi connectivity index (χ1v) is 9.39. The van der Waals surface area contributed by atoms with Crippen molar-refractivity contribution in [2.75, 3.05) is 26.7 Å². The van der Waals surface area contributed by atoms with Gasteiger partial charge in [0.25, 0.3) is 5.69 Å². The Balaban J connectivity index is 1.93. The highest BCUT2D eigenvalue weighted by Gasteiger charge is 2.27. The van der Waals surface area contributed by atoms with E-state index in [0.717, 1.165) is 25.8 Å². The molecule has 1 aliphatic rings. The molecule has 128 valence electrons. The van der Waals surface area contributed by atoms with Crippen molar-refractivity contribution in [2.45, 2.75) is 25.0 Å². The number of benzene rings is 1. The first kappa shape index (κ1) is 17.8. The van der Waals surface area contributed by atoms with Gasteiger partial charge >= 0.3 is 0 Å². The van der Waals surface area contributed by atoms with Crippen molar-refractivity contribution in [3.8, 4) is 0 Å². The number of non-ortho nitro benzene ring substituents is 1. The number of nitrogens with one attached hydrogen (secondary N) is 1. The molecule has 1 saturated heterocycles. The molecule has 0 radical (unpaired) electrons. The number of rotatable bonds is 7. The molecule has 0 unspecified atom stereocenters. The van der Waals surface area contributed by atoms with Gasteiger partial charge in [-0.25, -0.2) is 12.7 Å². The van der Waals surface area contributed by atoms with Crippen molar-refractivity contribution in [3.05, 3.63) is 39.9 Å². The molecule has 7 nitrogen and oxygen atoms in total. The number of nitro groups is 1. The lowest BCUT2D eigenvalue weighted by Crippen LogP contribution is -2.39. The molecule has 0 bridgehead atoms. The Kier molecular flexibility index (Phi) is 6.09. The minimum atomic E-state index is -3.37. The molecule has 1 heterocycles. The zero-order valence-electron chi connectivity index (χ0n) is 13.3. The van der Waals surface area contributed by atoms with Gasteiger partial charge in [0.05, 0.1) is 10.7 Å². The number of hydrogen-bond donors (Lipinski definition) is 1. The maximum absolute atomic E-state index is 12.5. The van der Waals surface area contributed by atoms with Crippen LogP contribution in [0, 0.1) is 16.0 Å². The molecule has 0 spiro atoms. The van der Waals surface area contributed by atoms with Crippen molar-refractivity contribution < 1.29 is 13.3 Å². The highest BCUT2D eigenvalue weighted by Crippen LogP contribution is 2.24. The van der Waals surface area contributed by atoms with E-state index in [9.17, 15) is 18.5 Å². The Bertz CT molecular complexity index is 623. The van der Waals surface area contributed by atoms with Crippen LogP contribution in [0.3, 0.4) is 0 Å². The lowest BCUT2D eigenvalue weighted by Gasteiger charge is -2.31. The predicted molar refractivity (Wildman–Crippen MR) is 88.6 cm³/mol. The average Bonchev–Trinajstić information content (AvgIpc) is 2.53. The van der Waals surface area contributed by atoms with Crippen LogP contribution in [0.2, 0.25) is 0 Å². The number of nitrogens with zero attached hydrogens (tertiary/aromatic N) is 2. The Morgan fingerprint density at radius 1 is 1.26 bits per heavy atom. The molecule has 2 rings (SSSR count).